The zero-order valence-electron chi connectivity index (χ0n) is 16.6. The summed E-state index contributed by atoms with van der Waals surface area (Å²) in [6.07, 6.45) is 5.42. The molecule has 1 N–H and O–H groups in total. The number of ether oxygens (including phenoxy) is 1. The van der Waals surface area contributed by atoms with E-state index in [0.29, 0.717) is 23.1 Å². The first-order valence-corrected chi connectivity index (χ1v) is 11.2. The summed E-state index contributed by atoms with van der Waals surface area (Å²) in [7, 11) is 1.59. The summed E-state index contributed by atoms with van der Waals surface area (Å²) >= 11 is 7.43. The van der Waals surface area contributed by atoms with Crippen molar-refractivity contribution in [3.8, 4) is 0 Å². The number of benzene rings is 1. The van der Waals surface area contributed by atoms with E-state index in [1.807, 2.05) is 23.6 Å². The molecule has 0 spiro atoms. The van der Waals surface area contributed by atoms with Gasteiger partial charge in [0, 0.05) is 24.7 Å². The normalized spacial score (nSPS) is 15.7. The van der Waals surface area contributed by atoms with Crippen molar-refractivity contribution in [1.29, 1.82) is 0 Å². The Bertz CT molecular complexity index is 789. The molecule has 5 nitrogen and oxygen atoms in total. The smallest absolute Gasteiger partial charge is 0.264 e. The third-order valence-corrected chi connectivity index (χ3v) is 6.34. The van der Waals surface area contributed by atoms with Crippen LogP contribution in [0.5, 0.6) is 0 Å². The summed E-state index contributed by atoms with van der Waals surface area (Å²) in [6, 6.07) is 10.2. The lowest BCUT2D eigenvalue weighted by Crippen LogP contribution is -2.47. The number of nitrogens with zero attached hydrogens (tertiary/aromatic N) is 1. The summed E-state index contributed by atoms with van der Waals surface area (Å²) in [4.78, 5) is 28.9. The topological polar surface area (TPSA) is 58.6 Å². The molecule has 156 valence electrons. The van der Waals surface area contributed by atoms with Gasteiger partial charge in [-0.1, -0.05) is 49.1 Å². The molecule has 1 atom stereocenters. The number of carbonyl (C=O) groups excluding carboxylic acids is 2. The number of carbonyl (C=O) groups is 2. The Morgan fingerprint density at radius 2 is 1.93 bits per heavy atom. The van der Waals surface area contributed by atoms with Gasteiger partial charge in [0.2, 0.25) is 5.91 Å². The van der Waals surface area contributed by atoms with Crippen LogP contribution < -0.4 is 5.32 Å². The maximum atomic E-state index is 13.4. The average Bonchev–Trinajstić information content (AvgIpc) is 3.27. The molecule has 1 aromatic carbocycles. The fraction of sp³-hybridized carbons (Fsp3) is 0.455. The van der Waals surface area contributed by atoms with Gasteiger partial charge in [0.25, 0.3) is 5.91 Å². The Morgan fingerprint density at radius 3 is 2.55 bits per heavy atom. The molecule has 1 heterocycles. The number of amides is 2. The Hall–Kier alpha value is -1.89. The van der Waals surface area contributed by atoms with Crippen LogP contribution in [0.25, 0.3) is 0 Å². The van der Waals surface area contributed by atoms with E-state index in [2.05, 4.69) is 5.32 Å². The highest BCUT2D eigenvalue weighted by molar-refractivity contribution is 7.12. The lowest BCUT2D eigenvalue weighted by Gasteiger charge is -2.33. The van der Waals surface area contributed by atoms with E-state index in [4.69, 9.17) is 16.3 Å². The molecule has 1 aliphatic rings. The molecule has 0 radical (unpaired) electrons. The largest absolute Gasteiger partial charge is 0.383 e. The second-order valence-corrected chi connectivity index (χ2v) is 8.65. The summed E-state index contributed by atoms with van der Waals surface area (Å²) in [6.45, 7) is 0.663. The quantitative estimate of drug-likeness (QED) is 0.656. The zero-order chi connectivity index (χ0) is 20.6. The minimum Gasteiger partial charge on any atom is -0.383 e. The van der Waals surface area contributed by atoms with Gasteiger partial charge in [-0.15, -0.1) is 11.3 Å². The molecule has 0 aliphatic heterocycles. The highest BCUT2D eigenvalue weighted by Gasteiger charge is 2.33. The number of rotatable bonds is 8. The van der Waals surface area contributed by atoms with Crippen molar-refractivity contribution in [2.24, 2.45) is 0 Å². The Balaban J connectivity index is 1.92. The van der Waals surface area contributed by atoms with E-state index in [1.54, 1.807) is 30.2 Å². The summed E-state index contributed by atoms with van der Waals surface area (Å²) < 4.78 is 5.23. The molecule has 29 heavy (non-hydrogen) atoms. The predicted molar refractivity (Wildman–Crippen MR) is 116 cm³/mol. The maximum absolute atomic E-state index is 13.4. The highest BCUT2D eigenvalue weighted by atomic mass is 35.5. The van der Waals surface area contributed by atoms with E-state index >= 15 is 0 Å². The molecule has 2 amide bonds. The van der Waals surface area contributed by atoms with Crippen LogP contribution in [0.1, 0.15) is 53.4 Å². The van der Waals surface area contributed by atoms with Crippen LogP contribution in [0, 0.1) is 0 Å². The van der Waals surface area contributed by atoms with Crippen LogP contribution in [0.4, 0.5) is 0 Å². The molecule has 0 saturated heterocycles. The molecule has 1 fully saturated rings. The van der Waals surface area contributed by atoms with Crippen molar-refractivity contribution < 1.29 is 14.3 Å². The maximum Gasteiger partial charge on any atom is 0.264 e. The Labute approximate surface area is 181 Å². The van der Waals surface area contributed by atoms with Gasteiger partial charge in [-0.3, -0.25) is 9.59 Å². The molecule has 2 aromatic rings. The molecule has 3 rings (SSSR count). The standard InChI is InChI=1S/C22H27ClN2O3S/c1-28-14-13-25(22(27)19-8-5-15-29-19)20(16-9-11-17(23)12-10-16)21(26)24-18-6-3-2-4-7-18/h5,8-12,15,18,20H,2-4,6-7,13-14H2,1H3,(H,24,26)/t20-/m1/s1. The van der Waals surface area contributed by atoms with Gasteiger partial charge in [-0.25, -0.2) is 0 Å². The van der Waals surface area contributed by atoms with Crippen LogP contribution in [0.15, 0.2) is 41.8 Å². The number of halogens is 1. The minimum absolute atomic E-state index is 0.153. The van der Waals surface area contributed by atoms with Crippen LogP contribution in [0.2, 0.25) is 5.02 Å². The summed E-state index contributed by atoms with van der Waals surface area (Å²) in [5, 5.41) is 5.64. The van der Waals surface area contributed by atoms with Gasteiger partial charge in [0.15, 0.2) is 0 Å². The van der Waals surface area contributed by atoms with Gasteiger partial charge < -0.3 is 15.0 Å². The first kappa shape index (κ1) is 21.8. The van der Waals surface area contributed by atoms with Crippen LogP contribution in [0.3, 0.4) is 0 Å². The van der Waals surface area contributed by atoms with Crippen molar-refractivity contribution >= 4 is 34.8 Å². The molecular formula is C22H27ClN2O3S. The van der Waals surface area contributed by atoms with Crippen LogP contribution in [-0.4, -0.2) is 43.0 Å². The third-order valence-electron chi connectivity index (χ3n) is 5.23. The van der Waals surface area contributed by atoms with E-state index in [-0.39, 0.29) is 17.9 Å². The van der Waals surface area contributed by atoms with E-state index in [1.165, 1.54) is 17.8 Å². The van der Waals surface area contributed by atoms with E-state index < -0.39 is 6.04 Å². The molecule has 7 heteroatoms. The van der Waals surface area contributed by atoms with Crippen molar-refractivity contribution in [3.05, 3.63) is 57.2 Å². The van der Waals surface area contributed by atoms with Crippen molar-refractivity contribution in [1.82, 2.24) is 10.2 Å². The first-order chi connectivity index (χ1) is 14.1. The molecule has 0 bridgehead atoms. The van der Waals surface area contributed by atoms with Crippen molar-refractivity contribution in [2.75, 3.05) is 20.3 Å². The van der Waals surface area contributed by atoms with Gasteiger partial charge in [0.05, 0.1) is 11.5 Å². The van der Waals surface area contributed by atoms with Crippen molar-refractivity contribution in [3.63, 3.8) is 0 Å². The van der Waals surface area contributed by atoms with Gasteiger partial charge in [-0.2, -0.15) is 0 Å². The van der Waals surface area contributed by atoms with Gasteiger partial charge in [0.1, 0.15) is 6.04 Å². The molecule has 1 saturated carbocycles. The average molecular weight is 435 g/mol. The lowest BCUT2D eigenvalue weighted by atomic mass is 9.94. The first-order valence-electron chi connectivity index (χ1n) is 9.99. The fourth-order valence-corrected chi connectivity index (χ4v) is 4.53. The second kappa shape index (κ2) is 10.8. The predicted octanol–water partition coefficient (Wildman–Crippen LogP) is 4.68. The lowest BCUT2D eigenvalue weighted by molar-refractivity contribution is -0.127. The molecule has 0 unspecified atom stereocenters. The molecule has 1 aromatic heterocycles. The van der Waals surface area contributed by atoms with E-state index in [0.717, 1.165) is 31.2 Å². The van der Waals surface area contributed by atoms with Crippen LogP contribution >= 0.6 is 22.9 Å². The van der Waals surface area contributed by atoms with Crippen LogP contribution in [-0.2, 0) is 9.53 Å². The third kappa shape index (κ3) is 5.81. The van der Waals surface area contributed by atoms with Gasteiger partial charge >= 0.3 is 0 Å². The fourth-order valence-electron chi connectivity index (χ4n) is 3.72. The summed E-state index contributed by atoms with van der Waals surface area (Å²) in [5.41, 5.74) is 0.740. The number of hydrogen-bond donors (Lipinski definition) is 1. The number of thiophene rings is 1. The molecule has 1 aliphatic carbocycles. The SMILES string of the molecule is COCCN(C(=O)c1cccs1)[C@@H](C(=O)NC1CCCCC1)c1ccc(Cl)cc1. The zero-order valence-corrected chi connectivity index (χ0v) is 18.2. The van der Waals surface area contributed by atoms with Crippen molar-refractivity contribution in [2.45, 2.75) is 44.2 Å². The molecular weight excluding hydrogens is 408 g/mol. The number of methoxy groups -OCH3 is 1. The Morgan fingerprint density at radius 1 is 1.21 bits per heavy atom. The Kier molecular flexibility index (Phi) is 8.09. The monoisotopic (exact) mass is 434 g/mol. The second-order valence-electron chi connectivity index (χ2n) is 7.27. The van der Waals surface area contributed by atoms with Gasteiger partial charge in [-0.05, 0) is 42.0 Å². The van der Waals surface area contributed by atoms with E-state index in [9.17, 15) is 9.59 Å². The highest BCUT2D eigenvalue weighted by Crippen LogP contribution is 2.27. The summed E-state index contributed by atoms with van der Waals surface area (Å²) in [5.74, 6) is -0.323. The number of hydrogen-bond acceptors (Lipinski definition) is 4. The minimum atomic E-state index is -0.737. The number of nitrogens with one attached hydrogen (secondary N) is 1.